The van der Waals surface area contributed by atoms with E-state index < -0.39 is 87.8 Å². The van der Waals surface area contributed by atoms with Crippen molar-refractivity contribution in [3.05, 3.63) is 249 Å². The molecule has 5 aromatic heterocycles. The Labute approximate surface area is 732 Å². The molecule has 4 amide bonds. The zero-order valence-electron chi connectivity index (χ0n) is 65.2. The molecule has 12 aromatic rings. The number of pyridine rings is 2. The lowest BCUT2D eigenvalue weighted by Crippen LogP contribution is -2.54. The Morgan fingerprint density at radius 2 is 0.935 bits per heavy atom. The molecule has 24 rings (SSSR count). The molecule has 3 spiro atoms. The normalized spacial score (nSPS) is 26.4. The number of anilines is 3. The van der Waals surface area contributed by atoms with Crippen molar-refractivity contribution < 1.29 is 66.4 Å². The number of aromatic carboxylic acids is 2. The zero-order valence-corrected chi connectivity index (χ0v) is 69.8. The highest BCUT2D eigenvalue weighted by atomic mass is 35.5. The summed E-state index contributed by atoms with van der Waals surface area (Å²) in [5, 5.41) is 45.9. The van der Waals surface area contributed by atoms with E-state index in [0.717, 1.165) is 44.1 Å². The summed E-state index contributed by atoms with van der Waals surface area (Å²) in [5.74, 6) is -5.28. The number of aryl methyl sites for hydroxylation is 1. The molecular weight excluding hydrogens is 1720 g/mol. The summed E-state index contributed by atoms with van der Waals surface area (Å²) in [6.45, 7) is 4.24. The van der Waals surface area contributed by atoms with Gasteiger partial charge in [0.1, 0.15) is 48.1 Å². The van der Waals surface area contributed by atoms with Crippen LogP contribution in [0.15, 0.2) is 146 Å². The minimum atomic E-state index is -1.31. The molecule has 3 saturated carbocycles. The first-order valence-electron chi connectivity index (χ1n) is 40.7. The van der Waals surface area contributed by atoms with E-state index in [9.17, 15) is 39.0 Å². The lowest BCUT2D eigenvalue weighted by molar-refractivity contribution is -0.129. The Hall–Kier alpha value is -11.1. The van der Waals surface area contributed by atoms with Gasteiger partial charge >= 0.3 is 11.9 Å². The van der Waals surface area contributed by atoms with Gasteiger partial charge in [0.2, 0.25) is 41.3 Å². The SMILES string of the molecule is Cc1c(C(=O)O)ccc2nn3c(c12)OC[C@H]1[C@@H]3[C@H](c2cccc(Cl)c2F)[C@]2(C(=O)Nc3cc(Cl)ccc32)N1CC1CC1.NC(=O)c1ccc2c3n(nc2c1)[C@@H]1[C@H](CO3)N(CC2CC2)[C@@]2(C(=O)Nc3cc(Cl)ccc32)[C@H]1c1ccnc(Cl)c1F.O=C(O)c1cnc2nn3c(c2c1)OC[C@H]1[C@@H]3[C@H](c2cccc(Cl)c2F)[C@]2(C(=O)Nc3cc(Cl)ccc32)N1CC1CC1. The molecular formula is C89H70Cl6F3N15O11. The van der Waals surface area contributed by atoms with E-state index in [-0.39, 0.29) is 93.1 Å². The third-order valence-electron chi connectivity index (χ3n) is 27.4. The van der Waals surface area contributed by atoms with Gasteiger partial charge in [-0.2, -0.15) is 10.2 Å². The van der Waals surface area contributed by atoms with E-state index in [4.69, 9.17) is 105 Å². The van der Waals surface area contributed by atoms with Crippen molar-refractivity contribution >= 4 is 155 Å². The summed E-state index contributed by atoms with van der Waals surface area (Å²) in [6.07, 6.45) is 8.97. The van der Waals surface area contributed by atoms with Gasteiger partial charge in [0.25, 0.3) is 0 Å². The number of carboxylic acids is 2. The van der Waals surface area contributed by atoms with Crippen molar-refractivity contribution in [2.24, 2.45) is 23.5 Å². The van der Waals surface area contributed by atoms with Gasteiger partial charge in [-0.25, -0.2) is 46.8 Å². The van der Waals surface area contributed by atoms with Crippen LogP contribution in [0.25, 0.3) is 32.8 Å². The molecule has 0 unspecified atom stereocenters. The van der Waals surface area contributed by atoms with Gasteiger partial charge in [-0.1, -0.05) is 112 Å². The number of rotatable bonds is 12. The fraction of sp³-hybridized carbons (Fsp3) is 0.315. The maximum absolute atomic E-state index is 16.2. The number of hydrogen-bond acceptors (Lipinski definition) is 17. The first-order valence-corrected chi connectivity index (χ1v) is 43.0. The number of benzene rings is 7. The monoisotopic (exact) mass is 1790 g/mol. The number of ether oxygens (including phenoxy) is 3. The number of aromatic nitrogens is 8. The first-order chi connectivity index (χ1) is 59.8. The van der Waals surface area contributed by atoms with Crippen LogP contribution in [0.2, 0.25) is 30.3 Å². The minimum Gasteiger partial charge on any atom is -0.478 e. The number of nitrogens with one attached hydrogen (secondary N) is 3. The largest absolute Gasteiger partial charge is 0.478 e. The summed E-state index contributed by atoms with van der Waals surface area (Å²) in [6, 6.07) is 34.3. The molecule has 9 aliphatic heterocycles. The lowest BCUT2D eigenvalue weighted by Gasteiger charge is -2.39. The van der Waals surface area contributed by atoms with Gasteiger partial charge in [-0.15, -0.1) is 5.10 Å². The van der Waals surface area contributed by atoms with Gasteiger partial charge < -0.3 is 46.1 Å². The standard InChI is InChI=1S/C31H25Cl2FN4O4.C29H23Cl2FN6O3.C29H22Cl2FN5O4/c1-14-17(29(39)40)8-10-21-24(14)28-38(36-21)27-23(13-42-28)37(12-15-5-6-15)31(25(27)18-3-2-4-20(33)26(18)34)19-9-7-16(32)11-22(19)35-30(31)41;30-15-4-6-18-20(10-15)35-28(40)29(18)22(17-7-8-34-25(31)23(17)32)24-21(37(29)11-13-1-2-13)12-41-27-16-5-3-14(26(33)39)9-19(16)36-38(24)27;30-15-6-7-18-20(9-15)34-28(40)29(18)22(16-2-1-3-19(31)23(16)32)24-21(36(29)11-13-4-5-13)12-41-26-17-8-14(27(38)39)10-33-25(17)35-37(24)26/h2-4,7-11,15,23,25,27H,5-6,12-13H2,1H3,(H,35,41)(H,39,40);3-10,13,21-22,24H,1-2,11-12H2,(H2,33,39)(H,35,40);1-3,6-10,13,21-22,24H,4-5,11-12H2,(H,34,40)(H,38,39)/t23-,25-,27+,31+;2*21-,22-,24+,29+/m000/s1. The molecule has 6 fully saturated rings. The molecule has 124 heavy (non-hydrogen) atoms. The molecule has 14 heterocycles. The smallest absolute Gasteiger partial charge is 0.337 e. The summed E-state index contributed by atoms with van der Waals surface area (Å²) in [5.41, 5.74) is 8.76. The van der Waals surface area contributed by atoms with Crippen LogP contribution in [0.5, 0.6) is 17.6 Å². The third-order valence-corrected chi connectivity index (χ3v) is 29.0. The van der Waals surface area contributed by atoms with E-state index in [1.807, 2.05) is 18.2 Å². The maximum Gasteiger partial charge on any atom is 0.337 e. The van der Waals surface area contributed by atoms with Crippen molar-refractivity contribution in [1.29, 1.82) is 0 Å². The molecule has 12 aliphatic rings. The molecule has 0 bridgehead atoms. The van der Waals surface area contributed by atoms with E-state index in [0.29, 0.717) is 148 Å². The Bertz CT molecular complexity index is 6570. The molecule has 3 saturated heterocycles. The van der Waals surface area contributed by atoms with Crippen LogP contribution in [-0.2, 0) is 31.0 Å². The van der Waals surface area contributed by atoms with Gasteiger partial charge in [0.15, 0.2) is 16.6 Å². The Morgan fingerprint density at radius 1 is 0.492 bits per heavy atom. The number of likely N-dealkylation sites (tertiary alicyclic amines) is 3. The highest BCUT2D eigenvalue weighted by molar-refractivity contribution is 6.33. The Balaban J connectivity index is 0.000000111. The number of fused-ring (bicyclic) bond motifs is 21. The molecule has 35 heteroatoms. The average Bonchev–Trinajstić information content (AvgIpc) is 1.52. The quantitative estimate of drug-likeness (QED) is 0.0619. The summed E-state index contributed by atoms with van der Waals surface area (Å²) < 4.78 is 72.6. The van der Waals surface area contributed by atoms with Crippen LogP contribution in [-0.4, -0.2) is 157 Å². The lowest BCUT2D eigenvalue weighted by atomic mass is 9.73. The van der Waals surface area contributed by atoms with Crippen molar-refractivity contribution in [3.8, 4) is 17.6 Å². The van der Waals surface area contributed by atoms with E-state index in [1.54, 1.807) is 112 Å². The molecule has 26 nitrogen and oxygen atoms in total. The van der Waals surface area contributed by atoms with Crippen LogP contribution in [0.3, 0.4) is 0 Å². The number of carbonyl (C=O) groups excluding carboxylic acids is 4. The summed E-state index contributed by atoms with van der Waals surface area (Å²) in [7, 11) is 0. The maximum atomic E-state index is 16.2. The van der Waals surface area contributed by atoms with Crippen LogP contribution in [0, 0.1) is 42.1 Å². The fourth-order valence-corrected chi connectivity index (χ4v) is 22.9. The summed E-state index contributed by atoms with van der Waals surface area (Å²) >= 11 is 38.0. The van der Waals surface area contributed by atoms with Crippen LogP contribution >= 0.6 is 69.6 Å². The fourth-order valence-electron chi connectivity index (χ4n) is 21.8. The van der Waals surface area contributed by atoms with Gasteiger partial charge in [0, 0.05) is 110 Å². The Morgan fingerprint density at radius 3 is 1.40 bits per heavy atom. The highest BCUT2D eigenvalue weighted by Crippen LogP contribution is 2.68. The zero-order chi connectivity index (χ0) is 85.5. The van der Waals surface area contributed by atoms with Crippen molar-refractivity contribution in [3.63, 3.8) is 0 Å². The minimum absolute atomic E-state index is 0.00399. The van der Waals surface area contributed by atoms with Crippen LogP contribution in [0.4, 0.5) is 30.2 Å². The number of primary amides is 1. The van der Waals surface area contributed by atoms with E-state index in [1.165, 1.54) is 36.7 Å². The molecule has 7 aromatic carbocycles. The molecule has 630 valence electrons. The van der Waals surface area contributed by atoms with E-state index in [2.05, 4.69) is 40.6 Å². The number of hydrogen-bond donors (Lipinski definition) is 6. The summed E-state index contributed by atoms with van der Waals surface area (Å²) in [4.78, 5) is 93.7. The number of carboxylic acid groups (broad SMARTS) is 2. The number of carbonyl (C=O) groups is 6. The Kier molecular flexibility index (Phi) is 18.3. The van der Waals surface area contributed by atoms with E-state index >= 15 is 13.2 Å². The average molecular weight is 1800 g/mol. The second-order valence-corrected chi connectivity index (χ2v) is 36.5. The second kappa shape index (κ2) is 28.7. The number of nitrogens with two attached hydrogens (primary N) is 1. The van der Waals surface area contributed by atoms with Gasteiger partial charge in [0.05, 0.1) is 84.6 Å². The molecule has 3 aliphatic carbocycles. The predicted octanol–water partition coefficient (Wildman–Crippen LogP) is 16.0. The highest BCUT2D eigenvalue weighted by Gasteiger charge is 2.73. The van der Waals surface area contributed by atoms with Crippen molar-refractivity contribution in [1.82, 2.24) is 54.0 Å². The van der Waals surface area contributed by atoms with Gasteiger partial charge in [-0.05, 0) is 171 Å². The molecule has 12 atom stereocenters. The molecule has 0 radical (unpaired) electrons. The van der Waals surface area contributed by atoms with Crippen LogP contribution < -0.4 is 35.9 Å². The van der Waals surface area contributed by atoms with Crippen molar-refractivity contribution in [2.45, 2.75) is 116 Å². The number of amides is 4. The molecule has 7 N–H and O–H groups in total. The van der Waals surface area contributed by atoms with Crippen LogP contribution in [0.1, 0.15) is 144 Å². The first kappa shape index (κ1) is 78.8. The number of nitrogens with zero attached hydrogens (tertiary/aromatic N) is 11. The second-order valence-electron chi connectivity index (χ2n) is 34.0. The number of halogens is 9. The predicted molar refractivity (Wildman–Crippen MR) is 453 cm³/mol. The third kappa shape index (κ3) is 11.5. The van der Waals surface area contributed by atoms with Gasteiger partial charge in [-0.3, -0.25) is 33.9 Å². The topological polar surface area (TPSA) is 322 Å². The van der Waals surface area contributed by atoms with Crippen molar-refractivity contribution in [2.75, 3.05) is 55.4 Å².